The van der Waals surface area contributed by atoms with E-state index >= 15 is 0 Å². The molecule has 0 saturated heterocycles. The van der Waals surface area contributed by atoms with Gasteiger partial charge in [-0.15, -0.1) is 5.10 Å². The van der Waals surface area contributed by atoms with Gasteiger partial charge in [-0.25, -0.2) is 9.67 Å². The summed E-state index contributed by atoms with van der Waals surface area (Å²) < 4.78 is 1.63. The van der Waals surface area contributed by atoms with Crippen LogP contribution in [0.2, 0.25) is 0 Å². The molecule has 0 N–H and O–H groups in total. The van der Waals surface area contributed by atoms with Crippen molar-refractivity contribution in [1.29, 1.82) is 0 Å². The molecule has 0 spiro atoms. The fourth-order valence-electron chi connectivity index (χ4n) is 2.13. The van der Waals surface area contributed by atoms with Crippen LogP contribution in [-0.4, -0.2) is 24.7 Å². The highest BCUT2D eigenvalue weighted by molar-refractivity contribution is 5.47. The normalized spacial score (nSPS) is 18.3. The molecule has 0 saturated carbocycles. The highest BCUT2D eigenvalue weighted by atomic mass is 16.6. The fraction of sp³-hybridized carbons (Fsp3) is 0.364. The van der Waals surface area contributed by atoms with Crippen LogP contribution in [0.4, 0.5) is 0 Å². The van der Waals surface area contributed by atoms with Gasteiger partial charge in [-0.1, -0.05) is 6.07 Å². The van der Waals surface area contributed by atoms with Gasteiger partial charge in [0.15, 0.2) is 5.82 Å². The fourth-order valence-corrected chi connectivity index (χ4v) is 2.13. The van der Waals surface area contributed by atoms with E-state index in [1.165, 1.54) is 0 Å². The molecule has 0 fully saturated rings. The van der Waals surface area contributed by atoms with Crippen molar-refractivity contribution >= 4 is 0 Å². The first-order chi connectivity index (χ1) is 8.75. The average Bonchev–Trinajstić information content (AvgIpc) is 2.83. The van der Waals surface area contributed by atoms with E-state index in [4.69, 9.17) is 0 Å². The second-order valence-electron chi connectivity index (χ2n) is 4.18. The molecule has 92 valence electrons. The molecule has 0 bridgehead atoms. The minimum absolute atomic E-state index is 0.290. The zero-order chi connectivity index (χ0) is 12.5. The van der Waals surface area contributed by atoms with E-state index in [9.17, 15) is 10.1 Å². The molecular formula is C11H11N5O2. The molecule has 3 rings (SSSR count). The summed E-state index contributed by atoms with van der Waals surface area (Å²) in [7, 11) is 0. The molecule has 7 nitrogen and oxygen atoms in total. The maximum absolute atomic E-state index is 11.0. The number of hydrogen-bond donors (Lipinski definition) is 0. The molecule has 0 aliphatic carbocycles. The molecule has 3 heterocycles. The van der Waals surface area contributed by atoms with Gasteiger partial charge in [0.25, 0.3) is 6.04 Å². The maximum Gasteiger partial charge on any atom is 0.271 e. The second kappa shape index (κ2) is 4.17. The van der Waals surface area contributed by atoms with Gasteiger partial charge in [0, 0.05) is 24.1 Å². The first kappa shape index (κ1) is 10.8. The lowest BCUT2D eigenvalue weighted by molar-refractivity contribution is -0.533. The van der Waals surface area contributed by atoms with Crippen LogP contribution < -0.4 is 0 Å². The van der Waals surface area contributed by atoms with Crippen LogP contribution in [0, 0.1) is 10.1 Å². The SMILES string of the molecule is O=[N+]([O-])C1CCCn2nc(-c3ccccn3)nc21. The lowest BCUT2D eigenvalue weighted by Gasteiger charge is -2.15. The van der Waals surface area contributed by atoms with Crippen LogP contribution in [0.15, 0.2) is 24.4 Å². The van der Waals surface area contributed by atoms with Crippen molar-refractivity contribution in [2.45, 2.75) is 25.4 Å². The second-order valence-corrected chi connectivity index (χ2v) is 4.18. The Morgan fingerprint density at radius 1 is 1.44 bits per heavy atom. The number of fused-ring (bicyclic) bond motifs is 1. The molecule has 0 aromatic carbocycles. The van der Waals surface area contributed by atoms with Crippen LogP contribution in [-0.2, 0) is 6.54 Å². The summed E-state index contributed by atoms with van der Waals surface area (Å²) in [5, 5.41) is 15.3. The van der Waals surface area contributed by atoms with Crippen molar-refractivity contribution < 1.29 is 4.92 Å². The summed E-state index contributed by atoms with van der Waals surface area (Å²) in [4.78, 5) is 19.1. The van der Waals surface area contributed by atoms with Crippen molar-refractivity contribution in [2.24, 2.45) is 0 Å². The van der Waals surface area contributed by atoms with E-state index in [0.717, 1.165) is 6.42 Å². The lowest BCUT2D eigenvalue weighted by Crippen LogP contribution is -2.22. The number of nitrogens with zero attached hydrogens (tertiary/aromatic N) is 5. The Labute approximate surface area is 103 Å². The minimum Gasteiger partial charge on any atom is -0.264 e. The van der Waals surface area contributed by atoms with Crippen molar-refractivity contribution in [1.82, 2.24) is 19.7 Å². The Kier molecular flexibility index (Phi) is 2.51. The summed E-state index contributed by atoms with van der Waals surface area (Å²) in [5.41, 5.74) is 0.640. The number of hydrogen-bond acceptors (Lipinski definition) is 5. The quantitative estimate of drug-likeness (QED) is 0.590. The van der Waals surface area contributed by atoms with Crippen molar-refractivity contribution in [3.63, 3.8) is 0 Å². The zero-order valence-electron chi connectivity index (χ0n) is 9.56. The van der Waals surface area contributed by atoms with E-state index in [-0.39, 0.29) is 4.92 Å². The first-order valence-electron chi connectivity index (χ1n) is 5.75. The largest absolute Gasteiger partial charge is 0.271 e. The summed E-state index contributed by atoms with van der Waals surface area (Å²) in [6.07, 6.45) is 2.93. The highest BCUT2D eigenvalue weighted by Gasteiger charge is 2.33. The number of aryl methyl sites for hydroxylation is 1. The smallest absolute Gasteiger partial charge is 0.264 e. The predicted octanol–water partition coefficient (Wildman–Crippen LogP) is 1.45. The third-order valence-electron chi connectivity index (χ3n) is 2.99. The summed E-state index contributed by atoms with van der Waals surface area (Å²) in [6, 6.07) is 4.69. The van der Waals surface area contributed by atoms with Crippen LogP contribution in [0.5, 0.6) is 0 Å². The molecule has 2 aromatic heterocycles. The van der Waals surface area contributed by atoms with E-state index in [0.29, 0.717) is 30.3 Å². The van der Waals surface area contributed by atoms with Crippen molar-refractivity contribution in [2.75, 3.05) is 0 Å². The van der Waals surface area contributed by atoms with E-state index < -0.39 is 6.04 Å². The molecular weight excluding hydrogens is 234 g/mol. The van der Waals surface area contributed by atoms with E-state index in [2.05, 4.69) is 15.1 Å². The maximum atomic E-state index is 11.0. The van der Waals surface area contributed by atoms with Crippen LogP contribution in [0.25, 0.3) is 11.5 Å². The van der Waals surface area contributed by atoms with Gasteiger partial charge in [0.1, 0.15) is 5.69 Å². The van der Waals surface area contributed by atoms with Gasteiger partial charge in [-0.2, -0.15) is 0 Å². The summed E-state index contributed by atoms with van der Waals surface area (Å²) in [5.74, 6) is 0.895. The van der Waals surface area contributed by atoms with Gasteiger partial charge in [0.2, 0.25) is 5.82 Å². The molecule has 0 amide bonds. The number of rotatable bonds is 2. The Morgan fingerprint density at radius 2 is 2.33 bits per heavy atom. The first-order valence-corrected chi connectivity index (χ1v) is 5.75. The topological polar surface area (TPSA) is 86.7 Å². The Balaban J connectivity index is 2.04. The molecule has 18 heavy (non-hydrogen) atoms. The number of nitro groups is 1. The Bertz CT molecular complexity index is 580. The third-order valence-corrected chi connectivity index (χ3v) is 2.99. The zero-order valence-corrected chi connectivity index (χ0v) is 9.56. The molecule has 1 unspecified atom stereocenters. The van der Waals surface area contributed by atoms with Crippen LogP contribution >= 0.6 is 0 Å². The summed E-state index contributed by atoms with van der Waals surface area (Å²) in [6.45, 7) is 0.680. The monoisotopic (exact) mass is 245 g/mol. The summed E-state index contributed by atoms with van der Waals surface area (Å²) >= 11 is 0. The van der Waals surface area contributed by atoms with Gasteiger partial charge < -0.3 is 0 Å². The molecule has 0 radical (unpaired) electrons. The van der Waals surface area contributed by atoms with Crippen LogP contribution in [0.1, 0.15) is 24.7 Å². The standard InChI is InChI=1S/C11H11N5O2/c17-16(18)9-5-3-7-15-11(9)13-10(14-15)8-4-1-2-6-12-8/h1-2,4,6,9H,3,5,7H2. The van der Waals surface area contributed by atoms with Crippen molar-refractivity contribution in [3.8, 4) is 11.5 Å². The Hall–Kier alpha value is -2.31. The van der Waals surface area contributed by atoms with Gasteiger partial charge in [-0.3, -0.25) is 15.1 Å². The van der Waals surface area contributed by atoms with E-state index in [1.807, 2.05) is 6.07 Å². The highest BCUT2D eigenvalue weighted by Crippen LogP contribution is 2.27. The molecule has 7 heteroatoms. The number of aromatic nitrogens is 4. The van der Waals surface area contributed by atoms with Gasteiger partial charge in [-0.05, 0) is 18.6 Å². The lowest BCUT2D eigenvalue weighted by atomic mass is 10.1. The van der Waals surface area contributed by atoms with Gasteiger partial charge in [0.05, 0.1) is 0 Å². The molecule has 1 atom stereocenters. The van der Waals surface area contributed by atoms with Crippen molar-refractivity contribution in [3.05, 3.63) is 40.3 Å². The number of pyridine rings is 1. The predicted molar refractivity (Wildman–Crippen MR) is 62.2 cm³/mol. The molecule has 2 aromatic rings. The average molecular weight is 245 g/mol. The Morgan fingerprint density at radius 3 is 3.06 bits per heavy atom. The van der Waals surface area contributed by atoms with E-state index in [1.54, 1.807) is 23.0 Å². The molecule has 1 aliphatic heterocycles. The minimum atomic E-state index is -0.747. The van der Waals surface area contributed by atoms with Gasteiger partial charge >= 0.3 is 0 Å². The third kappa shape index (κ3) is 1.73. The molecule has 1 aliphatic rings. The van der Waals surface area contributed by atoms with Crippen LogP contribution in [0.3, 0.4) is 0 Å².